The van der Waals surface area contributed by atoms with E-state index in [0.717, 1.165) is 0 Å². The first-order chi connectivity index (χ1) is 4.93. The van der Waals surface area contributed by atoms with E-state index in [1.165, 1.54) is 37.7 Å². The van der Waals surface area contributed by atoms with E-state index in [4.69, 9.17) is 0 Å². The van der Waals surface area contributed by atoms with Crippen LogP contribution in [-0.4, -0.2) is 0 Å². The van der Waals surface area contributed by atoms with Crippen LogP contribution in [-0.2, 0) is 0 Å². The molecule has 0 spiro atoms. The third-order valence-electron chi connectivity index (χ3n) is 1.87. The summed E-state index contributed by atoms with van der Waals surface area (Å²) >= 11 is 0. The molecule has 0 saturated heterocycles. The lowest BCUT2D eigenvalue weighted by molar-refractivity contribution is 0.713. The lowest BCUT2D eigenvalue weighted by Crippen LogP contribution is -1.75. The Morgan fingerprint density at radius 2 is 2.30 bits per heavy atom. The van der Waals surface area contributed by atoms with Gasteiger partial charge in [-0.25, -0.2) is 0 Å². The summed E-state index contributed by atoms with van der Waals surface area (Å²) in [4.78, 5) is 0. The maximum atomic E-state index is 3.26. The molecule has 1 rings (SSSR count). The van der Waals surface area contributed by atoms with E-state index in [1.54, 1.807) is 0 Å². The number of hydrogen-bond donors (Lipinski definition) is 0. The highest BCUT2D eigenvalue weighted by Crippen LogP contribution is 2.16. The van der Waals surface area contributed by atoms with E-state index in [2.05, 4.69) is 12.2 Å². The van der Waals surface area contributed by atoms with Gasteiger partial charge in [-0.3, -0.25) is 0 Å². The first-order valence-electron chi connectivity index (χ1n) is 4.17. The summed E-state index contributed by atoms with van der Waals surface area (Å²) in [6.07, 6.45) is 14.2. The van der Waals surface area contributed by atoms with Gasteiger partial charge in [0.1, 0.15) is 0 Å². The fraction of sp³-hybridized carbons (Fsp3) is 0.600. The van der Waals surface area contributed by atoms with Crippen molar-refractivity contribution in [2.24, 2.45) is 0 Å². The second-order valence-corrected chi connectivity index (χ2v) is 2.76. The quantitative estimate of drug-likeness (QED) is 0.517. The van der Waals surface area contributed by atoms with Crippen molar-refractivity contribution in [1.82, 2.24) is 0 Å². The Labute approximate surface area is 63.6 Å². The lowest BCUT2D eigenvalue weighted by atomic mass is 10.1. The van der Waals surface area contributed by atoms with Gasteiger partial charge in [0.2, 0.25) is 0 Å². The van der Waals surface area contributed by atoms with E-state index in [-0.39, 0.29) is 0 Å². The number of hydrogen-bond acceptors (Lipinski definition) is 0. The molecule has 1 aliphatic carbocycles. The van der Waals surface area contributed by atoms with Crippen LogP contribution in [0, 0.1) is 6.08 Å². The van der Waals surface area contributed by atoms with Crippen LogP contribution >= 0.6 is 0 Å². The van der Waals surface area contributed by atoms with Gasteiger partial charge in [-0.05, 0) is 44.3 Å². The lowest BCUT2D eigenvalue weighted by Gasteiger charge is -1.93. The zero-order valence-electron chi connectivity index (χ0n) is 6.69. The average molecular weight is 135 g/mol. The van der Waals surface area contributed by atoms with Gasteiger partial charge in [0.25, 0.3) is 0 Å². The summed E-state index contributed by atoms with van der Waals surface area (Å²) < 4.78 is 0. The van der Waals surface area contributed by atoms with E-state index in [1.807, 2.05) is 13.0 Å². The Hall–Kier alpha value is -0.520. The second kappa shape index (κ2) is 4.32. The summed E-state index contributed by atoms with van der Waals surface area (Å²) in [5, 5.41) is 0. The van der Waals surface area contributed by atoms with E-state index in [9.17, 15) is 0 Å². The van der Waals surface area contributed by atoms with E-state index in [0.29, 0.717) is 0 Å². The van der Waals surface area contributed by atoms with Gasteiger partial charge in [0, 0.05) is 0 Å². The maximum Gasteiger partial charge on any atom is -0.0198 e. The summed E-state index contributed by atoms with van der Waals surface area (Å²) in [5.74, 6) is 0. The molecule has 0 aromatic heterocycles. The highest BCUT2D eigenvalue weighted by molar-refractivity contribution is 5.12. The van der Waals surface area contributed by atoms with Crippen LogP contribution in [0.3, 0.4) is 0 Å². The molecule has 0 aromatic rings. The average Bonchev–Trinajstić information content (AvgIpc) is 2.17. The Morgan fingerprint density at radius 1 is 1.40 bits per heavy atom. The van der Waals surface area contributed by atoms with Gasteiger partial charge in [0.15, 0.2) is 0 Å². The van der Waals surface area contributed by atoms with Crippen LogP contribution < -0.4 is 0 Å². The van der Waals surface area contributed by atoms with Crippen LogP contribution in [0.25, 0.3) is 0 Å². The van der Waals surface area contributed by atoms with Crippen molar-refractivity contribution in [3.05, 3.63) is 23.8 Å². The van der Waals surface area contributed by atoms with Gasteiger partial charge in [-0.1, -0.05) is 18.6 Å². The molecule has 0 aliphatic heterocycles. The molecule has 0 aromatic carbocycles. The van der Waals surface area contributed by atoms with Gasteiger partial charge >= 0.3 is 0 Å². The third-order valence-corrected chi connectivity index (χ3v) is 1.87. The molecule has 0 atom stereocenters. The topological polar surface area (TPSA) is 0 Å². The zero-order valence-corrected chi connectivity index (χ0v) is 6.69. The van der Waals surface area contributed by atoms with Crippen LogP contribution in [0.4, 0.5) is 0 Å². The van der Waals surface area contributed by atoms with Crippen molar-refractivity contribution in [2.75, 3.05) is 0 Å². The Bertz CT molecular complexity index is 140. The predicted molar refractivity (Wildman–Crippen MR) is 44.7 cm³/mol. The summed E-state index contributed by atoms with van der Waals surface area (Å²) in [7, 11) is 0. The van der Waals surface area contributed by atoms with Crippen molar-refractivity contribution < 1.29 is 0 Å². The molecule has 0 heteroatoms. The fourth-order valence-corrected chi connectivity index (χ4v) is 1.33. The molecule has 0 amide bonds. The molecule has 0 saturated carbocycles. The minimum Gasteiger partial charge on any atom is -0.0807 e. The number of allylic oxidation sites excluding steroid dienone is 4. The van der Waals surface area contributed by atoms with Crippen molar-refractivity contribution in [2.45, 2.75) is 39.0 Å². The van der Waals surface area contributed by atoms with Crippen molar-refractivity contribution in [3.63, 3.8) is 0 Å². The van der Waals surface area contributed by atoms with Crippen LogP contribution in [0.15, 0.2) is 17.7 Å². The Kier molecular flexibility index (Phi) is 3.28. The number of rotatable bonds is 1. The molecule has 0 fully saturated rings. The van der Waals surface area contributed by atoms with E-state index < -0.39 is 0 Å². The highest BCUT2D eigenvalue weighted by atomic mass is 14.0. The second-order valence-electron chi connectivity index (χ2n) is 2.76. The molecular weight excluding hydrogens is 120 g/mol. The van der Waals surface area contributed by atoms with Crippen molar-refractivity contribution >= 4 is 0 Å². The van der Waals surface area contributed by atoms with Crippen LogP contribution in [0.5, 0.6) is 0 Å². The van der Waals surface area contributed by atoms with Crippen molar-refractivity contribution in [1.29, 1.82) is 0 Å². The largest absolute Gasteiger partial charge is 0.0807 e. The molecule has 10 heavy (non-hydrogen) atoms. The molecular formula is C10H15. The normalized spacial score (nSPS) is 20.7. The first kappa shape index (κ1) is 7.59. The Morgan fingerprint density at radius 3 is 3.10 bits per heavy atom. The zero-order chi connectivity index (χ0) is 7.23. The minimum atomic E-state index is 1.24. The monoisotopic (exact) mass is 135 g/mol. The van der Waals surface area contributed by atoms with Gasteiger partial charge in [-0.15, -0.1) is 0 Å². The highest BCUT2D eigenvalue weighted by Gasteiger charge is 1.98. The molecule has 55 valence electrons. The molecule has 1 radical (unpaired) electrons. The minimum absolute atomic E-state index is 1.24. The molecule has 0 heterocycles. The van der Waals surface area contributed by atoms with Crippen LogP contribution in [0.1, 0.15) is 39.0 Å². The molecule has 1 aliphatic rings. The van der Waals surface area contributed by atoms with Gasteiger partial charge in [0.05, 0.1) is 0 Å². The molecule has 0 N–H and O–H groups in total. The fourth-order valence-electron chi connectivity index (χ4n) is 1.33. The van der Waals surface area contributed by atoms with Gasteiger partial charge in [-0.2, -0.15) is 0 Å². The first-order valence-corrected chi connectivity index (χ1v) is 4.17. The molecule has 0 unspecified atom stereocenters. The van der Waals surface area contributed by atoms with Crippen LogP contribution in [0.2, 0.25) is 0 Å². The standard InChI is InChI=1S/C10H15/c1-2-7-10-8-5-3-4-6-9-10/h2,8H,3-6,9H2,1H3. The Balaban J connectivity index is 2.46. The molecule has 0 nitrogen and oxygen atoms in total. The van der Waals surface area contributed by atoms with Gasteiger partial charge < -0.3 is 0 Å². The summed E-state index contributed by atoms with van der Waals surface area (Å²) in [6, 6.07) is 0. The summed E-state index contributed by atoms with van der Waals surface area (Å²) in [6.45, 7) is 2.03. The smallest absolute Gasteiger partial charge is 0.0198 e. The van der Waals surface area contributed by atoms with E-state index >= 15 is 0 Å². The van der Waals surface area contributed by atoms with Crippen molar-refractivity contribution in [3.8, 4) is 0 Å². The predicted octanol–water partition coefficient (Wildman–Crippen LogP) is 3.26. The third kappa shape index (κ3) is 2.38. The molecule has 0 bridgehead atoms. The summed E-state index contributed by atoms with van der Waals surface area (Å²) in [5.41, 5.74) is 1.42. The maximum absolute atomic E-state index is 3.26. The SMILES string of the molecule is C/C=[C]/C1=CCCCCC1.